The lowest BCUT2D eigenvalue weighted by atomic mass is 9.91. The highest BCUT2D eigenvalue weighted by molar-refractivity contribution is 6.30. The topological polar surface area (TPSA) is 86.1 Å². The highest BCUT2D eigenvalue weighted by Crippen LogP contribution is 2.33. The minimum Gasteiger partial charge on any atom is -0.345 e. The number of nitrogens with zero attached hydrogens (tertiary/aromatic N) is 3. The molecule has 2 aromatic carbocycles. The summed E-state index contributed by atoms with van der Waals surface area (Å²) >= 11 is 6.26. The van der Waals surface area contributed by atoms with E-state index in [2.05, 4.69) is 16.4 Å². The van der Waals surface area contributed by atoms with E-state index in [1.807, 2.05) is 36.4 Å². The number of hydrogen-bond donors (Lipinski definition) is 1. The van der Waals surface area contributed by atoms with Crippen LogP contribution in [0.4, 0.5) is 0 Å². The van der Waals surface area contributed by atoms with Gasteiger partial charge < -0.3 is 10.2 Å². The molecule has 4 rings (SSSR count). The zero-order valence-electron chi connectivity index (χ0n) is 16.6. The molecule has 2 heterocycles. The van der Waals surface area contributed by atoms with Crippen LogP contribution in [0.15, 0.2) is 67.0 Å². The third-order valence-corrected chi connectivity index (χ3v) is 5.50. The van der Waals surface area contributed by atoms with Gasteiger partial charge in [0.25, 0.3) is 0 Å². The molecule has 0 aliphatic carbocycles. The Morgan fingerprint density at radius 2 is 1.97 bits per heavy atom. The normalized spacial score (nSPS) is 14.6. The minimum absolute atomic E-state index is 0.0331. The molecule has 1 saturated heterocycles. The van der Waals surface area contributed by atoms with Gasteiger partial charge in [0.2, 0.25) is 11.8 Å². The standard InChI is InChI=1S/C24H19ClN4O2/c25-20-3-1-2-18(11-20)24(29-15-22(30)28-14-23(29)31)21-8-9-27-13-19(21)10-16-4-6-17(12-26)7-5-16/h1-9,11,13,24H,10,14-15H2,(H,28,30). The molecule has 1 aliphatic rings. The molecule has 1 fully saturated rings. The van der Waals surface area contributed by atoms with Gasteiger partial charge in [0, 0.05) is 17.4 Å². The minimum atomic E-state index is -0.478. The molecule has 0 saturated carbocycles. The van der Waals surface area contributed by atoms with E-state index in [0.717, 1.165) is 22.3 Å². The van der Waals surface area contributed by atoms with Gasteiger partial charge in [-0.2, -0.15) is 5.26 Å². The summed E-state index contributed by atoms with van der Waals surface area (Å²) < 4.78 is 0. The Hall–Kier alpha value is -3.69. The van der Waals surface area contributed by atoms with Crippen LogP contribution in [0.2, 0.25) is 5.02 Å². The number of hydrogen-bond acceptors (Lipinski definition) is 4. The van der Waals surface area contributed by atoms with Crippen molar-refractivity contribution in [3.63, 3.8) is 0 Å². The number of benzene rings is 2. The molecule has 154 valence electrons. The Labute approximate surface area is 185 Å². The highest BCUT2D eigenvalue weighted by Gasteiger charge is 2.33. The molecule has 1 aliphatic heterocycles. The summed E-state index contributed by atoms with van der Waals surface area (Å²) in [4.78, 5) is 30.8. The smallest absolute Gasteiger partial charge is 0.243 e. The fourth-order valence-electron chi connectivity index (χ4n) is 3.78. The fraction of sp³-hybridized carbons (Fsp3) is 0.167. The number of nitrogens with one attached hydrogen (secondary N) is 1. The maximum atomic E-state index is 12.8. The molecule has 31 heavy (non-hydrogen) atoms. The first-order valence-electron chi connectivity index (χ1n) is 9.78. The van der Waals surface area contributed by atoms with Gasteiger partial charge in [-0.25, -0.2) is 0 Å². The van der Waals surface area contributed by atoms with Gasteiger partial charge in [-0.05, 0) is 59.0 Å². The number of amides is 2. The third-order valence-electron chi connectivity index (χ3n) is 5.26. The second-order valence-electron chi connectivity index (χ2n) is 7.32. The maximum Gasteiger partial charge on any atom is 0.243 e. The Morgan fingerprint density at radius 1 is 1.16 bits per heavy atom. The molecule has 7 heteroatoms. The molecular formula is C24H19ClN4O2. The van der Waals surface area contributed by atoms with Crippen molar-refractivity contribution in [1.82, 2.24) is 15.2 Å². The molecule has 0 spiro atoms. The molecule has 2 amide bonds. The van der Waals surface area contributed by atoms with Crippen LogP contribution in [0.3, 0.4) is 0 Å². The number of carbonyl (C=O) groups excluding carboxylic acids is 2. The van der Waals surface area contributed by atoms with E-state index in [9.17, 15) is 9.59 Å². The lowest BCUT2D eigenvalue weighted by Crippen LogP contribution is -2.53. The van der Waals surface area contributed by atoms with Crippen LogP contribution in [0.1, 0.15) is 33.9 Å². The average Bonchev–Trinajstić information content (AvgIpc) is 2.78. The van der Waals surface area contributed by atoms with Gasteiger partial charge in [0.15, 0.2) is 0 Å². The number of aromatic nitrogens is 1. The first-order valence-corrected chi connectivity index (χ1v) is 10.2. The Morgan fingerprint density at radius 3 is 2.71 bits per heavy atom. The molecule has 0 radical (unpaired) electrons. The van der Waals surface area contributed by atoms with Gasteiger partial charge in [0.05, 0.1) is 24.2 Å². The van der Waals surface area contributed by atoms with Crippen molar-refractivity contribution in [2.75, 3.05) is 13.1 Å². The largest absolute Gasteiger partial charge is 0.345 e. The number of halogens is 1. The molecule has 1 N–H and O–H groups in total. The van der Waals surface area contributed by atoms with Crippen LogP contribution < -0.4 is 5.32 Å². The summed E-state index contributed by atoms with van der Waals surface area (Å²) in [6.45, 7) is -0.0689. The van der Waals surface area contributed by atoms with E-state index >= 15 is 0 Å². The van der Waals surface area contributed by atoms with Crippen molar-refractivity contribution in [1.29, 1.82) is 5.26 Å². The summed E-state index contributed by atoms with van der Waals surface area (Å²) in [7, 11) is 0. The van der Waals surface area contributed by atoms with Crippen molar-refractivity contribution >= 4 is 23.4 Å². The summed E-state index contributed by atoms with van der Waals surface area (Å²) in [6, 6.07) is 18.2. The summed E-state index contributed by atoms with van der Waals surface area (Å²) in [5.74, 6) is -0.361. The number of piperazine rings is 1. The predicted octanol–water partition coefficient (Wildman–Crippen LogP) is 3.25. The number of carbonyl (C=O) groups is 2. The van der Waals surface area contributed by atoms with E-state index in [-0.39, 0.29) is 24.9 Å². The zero-order chi connectivity index (χ0) is 21.8. The second-order valence-corrected chi connectivity index (χ2v) is 7.75. The van der Waals surface area contributed by atoms with Crippen molar-refractivity contribution in [2.45, 2.75) is 12.5 Å². The number of pyridine rings is 1. The Kier molecular flexibility index (Phi) is 5.96. The Balaban J connectivity index is 1.79. The molecule has 1 atom stereocenters. The molecule has 6 nitrogen and oxygen atoms in total. The summed E-state index contributed by atoms with van der Waals surface area (Å²) in [5, 5.41) is 12.2. The van der Waals surface area contributed by atoms with E-state index in [0.29, 0.717) is 17.0 Å². The summed E-state index contributed by atoms with van der Waals surface area (Å²) in [6.07, 6.45) is 4.03. The van der Waals surface area contributed by atoms with E-state index in [1.54, 1.807) is 35.5 Å². The first-order chi connectivity index (χ1) is 15.0. The van der Waals surface area contributed by atoms with Crippen molar-refractivity contribution < 1.29 is 9.59 Å². The van der Waals surface area contributed by atoms with Crippen molar-refractivity contribution in [3.05, 3.63) is 99.8 Å². The van der Waals surface area contributed by atoms with Crippen LogP contribution in [0.5, 0.6) is 0 Å². The van der Waals surface area contributed by atoms with Gasteiger partial charge in [-0.15, -0.1) is 0 Å². The molecule has 3 aromatic rings. The molecular weight excluding hydrogens is 412 g/mol. The molecule has 0 bridgehead atoms. The van der Waals surface area contributed by atoms with Crippen LogP contribution in [-0.4, -0.2) is 34.8 Å². The molecule has 1 aromatic heterocycles. The maximum absolute atomic E-state index is 12.8. The average molecular weight is 431 g/mol. The van der Waals surface area contributed by atoms with Crippen LogP contribution >= 0.6 is 11.6 Å². The van der Waals surface area contributed by atoms with Crippen molar-refractivity contribution in [2.24, 2.45) is 0 Å². The number of rotatable bonds is 5. The lowest BCUT2D eigenvalue weighted by Gasteiger charge is -2.36. The fourth-order valence-corrected chi connectivity index (χ4v) is 3.98. The quantitative estimate of drug-likeness (QED) is 0.673. The summed E-state index contributed by atoms with van der Waals surface area (Å²) in [5.41, 5.74) is 4.24. The van der Waals surface area contributed by atoms with Gasteiger partial charge in [0.1, 0.15) is 6.54 Å². The first kappa shape index (κ1) is 20.6. The van der Waals surface area contributed by atoms with E-state index in [4.69, 9.17) is 16.9 Å². The predicted molar refractivity (Wildman–Crippen MR) is 116 cm³/mol. The van der Waals surface area contributed by atoms with Crippen LogP contribution in [0.25, 0.3) is 0 Å². The highest BCUT2D eigenvalue weighted by atomic mass is 35.5. The van der Waals surface area contributed by atoms with E-state index < -0.39 is 6.04 Å². The van der Waals surface area contributed by atoms with Gasteiger partial charge in [-0.3, -0.25) is 14.6 Å². The van der Waals surface area contributed by atoms with Crippen molar-refractivity contribution in [3.8, 4) is 6.07 Å². The third kappa shape index (κ3) is 4.57. The molecule has 1 unspecified atom stereocenters. The van der Waals surface area contributed by atoms with E-state index in [1.165, 1.54) is 0 Å². The lowest BCUT2D eigenvalue weighted by molar-refractivity contribution is -0.142. The zero-order valence-corrected chi connectivity index (χ0v) is 17.3. The van der Waals surface area contributed by atoms with Gasteiger partial charge >= 0.3 is 0 Å². The Bertz CT molecular complexity index is 1170. The van der Waals surface area contributed by atoms with Crippen LogP contribution in [0, 0.1) is 11.3 Å². The number of nitriles is 1. The van der Waals surface area contributed by atoms with Crippen LogP contribution in [-0.2, 0) is 16.0 Å². The monoisotopic (exact) mass is 430 g/mol. The van der Waals surface area contributed by atoms with Gasteiger partial charge in [-0.1, -0.05) is 35.9 Å². The second kappa shape index (κ2) is 8.99. The SMILES string of the molecule is N#Cc1ccc(Cc2cnccc2C(c2cccc(Cl)c2)N2CC(=O)NCC2=O)cc1.